The standard InChI is InChI=1S/C15H22O3/c1-12(2)9-10-18-15(16)8-7-13-5-4-6-14(11-13)17-3/h4-6,11-12H,7-10H2,1-3H3. The maximum absolute atomic E-state index is 11.5. The van der Waals surface area contributed by atoms with Gasteiger partial charge in [0.15, 0.2) is 0 Å². The Labute approximate surface area is 109 Å². The Morgan fingerprint density at radius 3 is 2.78 bits per heavy atom. The van der Waals surface area contributed by atoms with Gasteiger partial charge >= 0.3 is 5.97 Å². The SMILES string of the molecule is COc1cccc(CCC(=O)OCCC(C)C)c1. The first-order valence-corrected chi connectivity index (χ1v) is 6.40. The van der Waals surface area contributed by atoms with Crippen molar-refractivity contribution < 1.29 is 14.3 Å². The number of benzene rings is 1. The summed E-state index contributed by atoms with van der Waals surface area (Å²) in [5.41, 5.74) is 1.09. The number of hydrogen-bond acceptors (Lipinski definition) is 3. The molecule has 0 aromatic heterocycles. The van der Waals surface area contributed by atoms with E-state index in [4.69, 9.17) is 9.47 Å². The molecule has 1 rings (SSSR count). The first-order valence-electron chi connectivity index (χ1n) is 6.40. The van der Waals surface area contributed by atoms with Gasteiger partial charge in [0.1, 0.15) is 5.75 Å². The van der Waals surface area contributed by atoms with Crippen LogP contribution < -0.4 is 4.74 Å². The molecule has 3 nitrogen and oxygen atoms in total. The second-order valence-corrected chi connectivity index (χ2v) is 4.75. The summed E-state index contributed by atoms with van der Waals surface area (Å²) in [6, 6.07) is 7.76. The van der Waals surface area contributed by atoms with Crippen LogP contribution in [0.4, 0.5) is 0 Å². The molecule has 0 saturated heterocycles. The van der Waals surface area contributed by atoms with E-state index >= 15 is 0 Å². The van der Waals surface area contributed by atoms with Crippen molar-refractivity contribution >= 4 is 5.97 Å². The third-order valence-electron chi connectivity index (χ3n) is 2.71. The van der Waals surface area contributed by atoms with E-state index in [9.17, 15) is 4.79 Å². The number of rotatable bonds is 7. The van der Waals surface area contributed by atoms with Crippen LogP contribution in [0, 0.1) is 5.92 Å². The molecule has 0 heterocycles. The summed E-state index contributed by atoms with van der Waals surface area (Å²) in [5.74, 6) is 1.26. The Bertz CT molecular complexity index is 372. The molecule has 0 N–H and O–H groups in total. The van der Waals surface area contributed by atoms with E-state index in [1.54, 1.807) is 7.11 Å². The van der Waals surface area contributed by atoms with Gasteiger partial charge in [0, 0.05) is 6.42 Å². The monoisotopic (exact) mass is 250 g/mol. The van der Waals surface area contributed by atoms with E-state index in [1.165, 1.54) is 0 Å². The van der Waals surface area contributed by atoms with E-state index in [2.05, 4.69) is 13.8 Å². The number of esters is 1. The highest BCUT2D eigenvalue weighted by atomic mass is 16.5. The van der Waals surface area contributed by atoms with Crippen LogP contribution in [0.25, 0.3) is 0 Å². The maximum atomic E-state index is 11.5. The minimum Gasteiger partial charge on any atom is -0.497 e. The van der Waals surface area contributed by atoms with Gasteiger partial charge in [0.25, 0.3) is 0 Å². The van der Waals surface area contributed by atoms with Gasteiger partial charge < -0.3 is 9.47 Å². The van der Waals surface area contributed by atoms with Crippen molar-refractivity contribution in [2.45, 2.75) is 33.1 Å². The van der Waals surface area contributed by atoms with E-state index < -0.39 is 0 Å². The third kappa shape index (κ3) is 5.71. The average Bonchev–Trinajstić information content (AvgIpc) is 2.36. The van der Waals surface area contributed by atoms with Gasteiger partial charge in [-0.25, -0.2) is 0 Å². The van der Waals surface area contributed by atoms with Crippen molar-refractivity contribution in [1.29, 1.82) is 0 Å². The van der Waals surface area contributed by atoms with Gasteiger partial charge in [-0.1, -0.05) is 26.0 Å². The van der Waals surface area contributed by atoms with Crippen molar-refractivity contribution in [3.63, 3.8) is 0 Å². The van der Waals surface area contributed by atoms with Gasteiger partial charge in [0.05, 0.1) is 13.7 Å². The van der Waals surface area contributed by atoms with Crippen LogP contribution in [0.3, 0.4) is 0 Å². The molecule has 1 aromatic carbocycles. The summed E-state index contributed by atoms with van der Waals surface area (Å²) in [5, 5.41) is 0. The first kappa shape index (κ1) is 14.6. The molecule has 0 saturated carbocycles. The molecule has 0 unspecified atom stereocenters. The van der Waals surface area contributed by atoms with Crippen LogP contribution >= 0.6 is 0 Å². The largest absolute Gasteiger partial charge is 0.497 e. The van der Waals surface area contributed by atoms with Crippen LogP contribution in [0.15, 0.2) is 24.3 Å². The van der Waals surface area contributed by atoms with E-state index in [0.717, 1.165) is 17.7 Å². The summed E-state index contributed by atoms with van der Waals surface area (Å²) < 4.78 is 10.3. The highest BCUT2D eigenvalue weighted by Crippen LogP contribution is 2.14. The van der Waals surface area contributed by atoms with E-state index in [-0.39, 0.29) is 5.97 Å². The zero-order valence-electron chi connectivity index (χ0n) is 11.4. The lowest BCUT2D eigenvalue weighted by molar-refractivity contribution is -0.143. The molecule has 18 heavy (non-hydrogen) atoms. The minimum atomic E-state index is -0.126. The normalized spacial score (nSPS) is 10.4. The van der Waals surface area contributed by atoms with E-state index in [1.807, 2.05) is 24.3 Å². The molecular formula is C15H22O3. The molecule has 0 aliphatic carbocycles. The Kier molecular flexibility index (Phi) is 6.26. The second-order valence-electron chi connectivity index (χ2n) is 4.75. The predicted molar refractivity (Wildman–Crippen MR) is 71.7 cm³/mol. The smallest absolute Gasteiger partial charge is 0.306 e. The summed E-state index contributed by atoms with van der Waals surface area (Å²) in [6.45, 7) is 4.75. The zero-order chi connectivity index (χ0) is 13.4. The molecule has 0 atom stereocenters. The molecule has 1 aromatic rings. The van der Waals surface area contributed by atoms with Crippen LogP contribution in [-0.4, -0.2) is 19.7 Å². The highest BCUT2D eigenvalue weighted by molar-refractivity contribution is 5.69. The summed E-state index contributed by atoms with van der Waals surface area (Å²) in [7, 11) is 1.64. The van der Waals surface area contributed by atoms with Crippen molar-refractivity contribution in [3.05, 3.63) is 29.8 Å². The number of hydrogen-bond donors (Lipinski definition) is 0. The summed E-state index contributed by atoms with van der Waals surface area (Å²) in [4.78, 5) is 11.5. The topological polar surface area (TPSA) is 35.5 Å². The third-order valence-corrected chi connectivity index (χ3v) is 2.71. The molecule has 0 amide bonds. The van der Waals surface area contributed by atoms with Crippen molar-refractivity contribution in [2.75, 3.05) is 13.7 Å². The van der Waals surface area contributed by atoms with Gasteiger partial charge in [-0.2, -0.15) is 0 Å². The quantitative estimate of drug-likeness (QED) is 0.697. The minimum absolute atomic E-state index is 0.126. The zero-order valence-corrected chi connectivity index (χ0v) is 11.4. The molecule has 0 bridgehead atoms. The fourth-order valence-electron chi connectivity index (χ4n) is 1.55. The molecule has 0 fully saturated rings. The van der Waals surface area contributed by atoms with Gasteiger partial charge in [-0.05, 0) is 36.5 Å². The number of ether oxygens (including phenoxy) is 2. The number of aryl methyl sites for hydroxylation is 1. The Morgan fingerprint density at radius 2 is 2.11 bits per heavy atom. The van der Waals surface area contributed by atoms with Crippen molar-refractivity contribution in [3.8, 4) is 5.75 Å². The van der Waals surface area contributed by atoms with Crippen LogP contribution in [0.2, 0.25) is 0 Å². The van der Waals surface area contributed by atoms with Crippen molar-refractivity contribution in [2.24, 2.45) is 5.92 Å². The Hall–Kier alpha value is -1.51. The maximum Gasteiger partial charge on any atom is 0.306 e. The van der Waals surface area contributed by atoms with Crippen LogP contribution in [0.5, 0.6) is 5.75 Å². The van der Waals surface area contributed by atoms with Crippen LogP contribution in [-0.2, 0) is 16.0 Å². The lowest BCUT2D eigenvalue weighted by atomic mass is 10.1. The van der Waals surface area contributed by atoms with Gasteiger partial charge in [0.2, 0.25) is 0 Å². The Morgan fingerprint density at radius 1 is 1.33 bits per heavy atom. The molecule has 100 valence electrons. The number of carbonyl (C=O) groups is 1. The predicted octanol–water partition coefficient (Wildman–Crippen LogP) is 3.22. The van der Waals surface area contributed by atoms with E-state index in [0.29, 0.717) is 25.4 Å². The van der Waals surface area contributed by atoms with Crippen LogP contribution in [0.1, 0.15) is 32.3 Å². The number of carbonyl (C=O) groups excluding carboxylic acids is 1. The average molecular weight is 250 g/mol. The molecule has 0 radical (unpaired) electrons. The lowest BCUT2D eigenvalue weighted by Crippen LogP contribution is -2.08. The molecule has 3 heteroatoms. The first-order chi connectivity index (χ1) is 8.61. The Balaban J connectivity index is 2.29. The fraction of sp³-hybridized carbons (Fsp3) is 0.533. The molecule has 0 aliphatic heterocycles. The molecule has 0 aliphatic rings. The number of methoxy groups -OCH3 is 1. The second kappa shape index (κ2) is 7.75. The highest BCUT2D eigenvalue weighted by Gasteiger charge is 2.05. The van der Waals surface area contributed by atoms with Gasteiger partial charge in [-0.3, -0.25) is 4.79 Å². The summed E-state index contributed by atoms with van der Waals surface area (Å²) >= 11 is 0. The molecule has 0 spiro atoms. The van der Waals surface area contributed by atoms with Gasteiger partial charge in [-0.15, -0.1) is 0 Å². The lowest BCUT2D eigenvalue weighted by Gasteiger charge is -2.07. The molecular weight excluding hydrogens is 228 g/mol. The fourth-order valence-corrected chi connectivity index (χ4v) is 1.55. The van der Waals surface area contributed by atoms with Crippen molar-refractivity contribution in [1.82, 2.24) is 0 Å². The summed E-state index contributed by atoms with van der Waals surface area (Å²) in [6.07, 6.45) is 2.04.